The fraction of sp³-hybridized carbons (Fsp3) is 0.0250. The van der Waals surface area contributed by atoms with Gasteiger partial charge in [-0.05, 0) is 52.6 Å². The van der Waals surface area contributed by atoms with Crippen molar-refractivity contribution >= 4 is 21.8 Å². The zero-order chi connectivity index (χ0) is 29.0. The summed E-state index contributed by atoms with van der Waals surface area (Å²) in [5.41, 5.74) is 10.4. The topological polar surface area (TPSA) is 43.6 Å². The molecule has 1 aliphatic carbocycles. The highest BCUT2D eigenvalue weighted by Crippen LogP contribution is 2.50. The summed E-state index contributed by atoms with van der Waals surface area (Å²) in [6.07, 6.45) is 0. The van der Waals surface area contributed by atoms with Crippen LogP contribution in [0, 0.1) is 0 Å². The van der Waals surface area contributed by atoms with Gasteiger partial charge in [0.05, 0.1) is 17.0 Å². The first kappa shape index (κ1) is 24.7. The summed E-state index contributed by atoms with van der Waals surface area (Å²) in [7, 11) is 0. The summed E-state index contributed by atoms with van der Waals surface area (Å²) in [4.78, 5) is 15.3. The number of para-hydroxylation sites is 2. The zero-order valence-corrected chi connectivity index (χ0v) is 23.8. The Morgan fingerprint density at radius 3 is 1.73 bits per heavy atom. The van der Waals surface area contributed by atoms with Crippen LogP contribution in [0.25, 0.3) is 61.4 Å². The van der Waals surface area contributed by atoms with Crippen molar-refractivity contribution in [3.05, 3.63) is 169 Å². The Hall–Kier alpha value is -5.87. The average molecular weight is 563 g/mol. The molecule has 0 bridgehead atoms. The van der Waals surface area contributed by atoms with Crippen LogP contribution in [0.4, 0.5) is 0 Å². The van der Waals surface area contributed by atoms with E-state index in [1.54, 1.807) is 0 Å². The summed E-state index contributed by atoms with van der Waals surface area (Å²) in [5, 5.41) is 2.45. The van der Waals surface area contributed by atoms with Crippen molar-refractivity contribution in [2.45, 2.75) is 5.92 Å². The maximum absolute atomic E-state index is 5.18. The summed E-state index contributed by atoms with van der Waals surface area (Å²) in [5.74, 6) is 2.00. The third-order valence-corrected chi connectivity index (χ3v) is 8.71. The van der Waals surface area contributed by atoms with E-state index in [0.717, 1.165) is 22.6 Å². The first-order valence-electron chi connectivity index (χ1n) is 14.9. The first-order valence-corrected chi connectivity index (χ1v) is 14.9. The van der Waals surface area contributed by atoms with Crippen LogP contribution in [0.3, 0.4) is 0 Å². The van der Waals surface area contributed by atoms with Gasteiger partial charge in [0, 0.05) is 27.6 Å². The van der Waals surface area contributed by atoms with Crippen LogP contribution in [0.2, 0.25) is 0 Å². The van der Waals surface area contributed by atoms with Crippen LogP contribution < -0.4 is 0 Å². The predicted octanol–water partition coefficient (Wildman–Crippen LogP) is 9.46. The highest BCUT2D eigenvalue weighted by Gasteiger charge is 2.34. The average Bonchev–Trinajstić information content (AvgIpc) is 3.60. The largest absolute Gasteiger partial charge is 0.309 e. The molecular formula is C40H26N4. The molecule has 1 unspecified atom stereocenters. The minimum Gasteiger partial charge on any atom is -0.309 e. The van der Waals surface area contributed by atoms with Crippen LogP contribution in [0.5, 0.6) is 0 Å². The van der Waals surface area contributed by atoms with Gasteiger partial charge in [-0.25, -0.2) is 15.0 Å². The molecule has 9 rings (SSSR count). The Bertz CT molecular complexity index is 2270. The third-order valence-electron chi connectivity index (χ3n) is 8.71. The van der Waals surface area contributed by atoms with Crippen molar-refractivity contribution in [1.82, 2.24) is 19.5 Å². The smallest absolute Gasteiger partial charge is 0.163 e. The van der Waals surface area contributed by atoms with Crippen LogP contribution >= 0.6 is 0 Å². The van der Waals surface area contributed by atoms with E-state index >= 15 is 0 Å². The van der Waals surface area contributed by atoms with Crippen molar-refractivity contribution in [2.24, 2.45) is 0 Å². The van der Waals surface area contributed by atoms with Crippen LogP contribution in [-0.4, -0.2) is 19.5 Å². The monoisotopic (exact) mass is 562 g/mol. The fourth-order valence-electron chi connectivity index (χ4n) is 6.75. The van der Waals surface area contributed by atoms with Crippen molar-refractivity contribution < 1.29 is 0 Å². The van der Waals surface area contributed by atoms with Gasteiger partial charge in [-0.15, -0.1) is 0 Å². The van der Waals surface area contributed by atoms with Gasteiger partial charge in [-0.3, -0.25) is 0 Å². The molecule has 44 heavy (non-hydrogen) atoms. The molecular weight excluding hydrogens is 536 g/mol. The number of nitrogens with zero attached hydrogens (tertiary/aromatic N) is 4. The standard InChI is InChI=1S/C40H26N4/c1-4-14-26(15-5-1)38-41-39(27-16-6-2-7-17-27)43-40(42-38)37-31-22-11-10-20-29(31)32-25-36-33(24-34(32)37)30-21-12-13-23-35(30)44(36)28-18-8-3-9-19-28/h1-25,37H. The van der Waals surface area contributed by atoms with E-state index < -0.39 is 0 Å². The lowest BCUT2D eigenvalue weighted by Gasteiger charge is -2.15. The number of rotatable bonds is 4. The van der Waals surface area contributed by atoms with Gasteiger partial charge in [0.15, 0.2) is 11.6 Å². The summed E-state index contributed by atoms with van der Waals surface area (Å²) >= 11 is 0. The molecule has 8 aromatic rings. The molecule has 6 aromatic carbocycles. The molecule has 2 aromatic heterocycles. The van der Waals surface area contributed by atoms with Gasteiger partial charge in [-0.1, -0.05) is 121 Å². The maximum atomic E-state index is 5.18. The number of hydrogen-bond donors (Lipinski definition) is 0. The van der Waals surface area contributed by atoms with Gasteiger partial charge in [0.1, 0.15) is 5.82 Å². The second kappa shape index (κ2) is 9.85. The molecule has 0 amide bonds. The lowest BCUT2D eigenvalue weighted by molar-refractivity contribution is 0.856. The Morgan fingerprint density at radius 2 is 1.02 bits per heavy atom. The third kappa shape index (κ3) is 3.81. The lowest BCUT2D eigenvalue weighted by Crippen LogP contribution is -2.09. The molecule has 1 aliphatic rings. The van der Waals surface area contributed by atoms with E-state index in [1.807, 2.05) is 36.4 Å². The second-order valence-electron chi connectivity index (χ2n) is 11.2. The van der Waals surface area contributed by atoms with Gasteiger partial charge in [0.2, 0.25) is 0 Å². The molecule has 0 spiro atoms. The van der Waals surface area contributed by atoms with E-state index in [2.05, 4.69) is 120 Å². The van der Waals surface area contributed by atoms with Gasteiger partial charge in [-0.2, -0.15) is 0 Å². The van der Waals surface area contributed by atoms with E-state index in [-0.39, 0.29) is 5.92 Å². The summed E-state index contributed by atoms with van der Waals surface area (Å²) in [6, 6.07) is 53.2. The van der Waals surface area contributed by atoms with E-state index in [4.69, 9.17) is 15.0 Å². The van der Waals surface area contributed by atoms with E-state index in [0.29, 0.717) is 11.6 Å². The minimum atomic E-state index is -0.127. The molecule has 0 fully saturated rings. The molecule has 2 heterocycles. The quantitative estimate of drug-likeness (QED) is 0.215. The van der Waals surface area contributed by atoms with E-state index in [9.17, 15) is 0 Å². The second-order valence-corrected chi connectivity index (χ2v) is 11.2. The summed E-state index contributed by atoms with van der Waals surface area (Å²) < 4.78 is 2.38. The summed E-state index contributed by atoms with van der Waals surface area (Å²) in [6.45, 7) is 0. The van der Waals surface area contributed by atoms with Gasteiger partial charge >= 0.3 is 0 Å². The van der Waals surface area contributed by atoms with Crippen molar-refractivity contribution in [3.8, 4) is 39.6 Å². The number of hydrogen-bond acceptors (Lipinski definition) is 3. The molecule has 4 heteroatoms. The van der Waals surface area contributed by atoms with Crippen molar-refractivity contribution in [1.29, 1.82) is 0 Å². The highest BCUT2D eigenvalue weighted by molar-refractivity contribution is 6.11. The van der Waals surface area contributed by atoms with Crippen LogP contribution in [-0.2, 0) is 0 Å². The molecule has 0 N–H and O–H groups in total. The molecule has 0 aliphatic heterocycles. The Morgan fingerprint density at radius 1 is 0.432 bits per heavy atom. The van der Waals surface area contributed by atoms with Crippen LogP contribution in [0.15, 0.2) is 152 Å². The molecule has 1 atom stereocenters. The molecule has 0 saturated carbocycles. The minimum absolute atomic E-state index is 0.127. The molecule has 206 valence electrons. The van der Waals surface area contributed by atoms with E-state index in [1.165, 1.54) is 44.1 Å². The number of aromatic nitrogens is 4. The Balaban J connectivity index is 1.33. The van der Waals surface area contributed by atoms with Crippen LogP contribution in [0.1, 0.15) is 22.9 Å². The number of fused-ring (bicyclic) bond motifs is 6. The molecule has 0 radical (unpaired) electrons. The zero-order valence-electron chi connectivity index (χ0n) is 23.8. The van der Waals surface area contributed by atoms with Gasteiger partial charge < -0.3 is 4.57 Å². The maximum Gasteiger partial charge on any atom is 0.163 e. The Kier molecular flexibility index (Phi) is 5.53. The van der Waals surface area contributed by atoms with Gasteiger partial charge in [0.25, 0.3) is 0 Å². The predicted molar refractivity (Wildman–Crippen MR) is 178 cm³/mol. The molecule has 4 nitrogen and oxygen atoms in total. The normalized spacial score (nSPS) is 13.7. The Labute approximate surface area is 255 Å². The SMILES string of the molecule is c1ccc(-c2nc(-c3ccccc3)nc(C3c4ccccc4-c4cc5c(cc43)c3ccccc3n5-c3ccccc3)n2)cc1. The fourth-order valence-corrected chi connectivity index (χ4v) is 6.75. The highest BCUT2D eigenvalue weighted by atomic mass is 15.0. The first-order chi connectivity index (χ1) is 21.8. The molecule has 0 saturated heterocycles. The number of benzene rings is 6. The van der Waals surface area contributed by atoms with Crippen molar-refractivity contribution in [3.63, 3.8) is 0 Å². The van der Waals surface area contributed by atoms with Crippen molar-refractivity contribution in [2.75, 3.05) is 0 Å². The lowest BCUT2D eigenvalue weighted by atomic mass is 9.94.